The van der Waals surface area contributed by atoms with Crippen LogP contribution in [0.1, 0.15) is 32.4 Å². The molecule has 0 unspecified atom stereocenters. The Hall–Kier alpha value is -2.76. The molecule has 0 bridgehead atoms. The van der Waals surface area contributed by atoms with Crippen LogP contribution in [0.5, 0.6) is 0 Å². The van der Waals surface area contributed by atoms with Gasteiger partial charge in [0.25, 0.3) is 0 Å². The van der Waals surface area contributed by atoms with E-state index >= 15 is 0 Å². The number of nitrogens with zero attached hydrogens (tertiary/aromatic N) is 6. The van der Waals surface area contributed by atoms with Crippen molar-refractivity contribution in [1.29, 1.82) is 0 Å². The minimum atomic E-state index is 0.443. The molecule has 1 saturated heterocycles. The maximum absolute atomic E-state index is 4.56. The molecule has 25 heavy (non-hydrogen) atoms. The smallest absolute Gasteiger partial charge is 0.157 e. The monoisotopic (exact) mass is 338 g/mol. The normalized spacial score (nSPS) is 15.4. The first-order valence-corrected chi connectivity index (χ1v) is 8.24. The Kier molecular flexibility index (Phi) is 6.22. The second kappa shape index (κ2) is 8.37. The van der Waals surface area contributed by atoms with E-state index in [-0.39, 0.29) is 0 Å². The van der Waals surface area contributed by atoms with Gasteiger partial charge in [-0.2, -0.15) is 5.10 Å². The number of pyridine rings is 1. The lowest BCUT2D eigenvalue weighted by Crippen LogP contribution is -2.44. The minimum Gasteiger partial charge on any atom is -0.370 e. The minimum absolute atomic E-state index is 0.443. The summed E-state index contributed by atoms with van der Waals surface area (Å²) >= 11 is 0. The average molecular weight is 338 g/mol. The third-order valence-electron chi connectivity index (χ3n) is 4.02. The fraction of sp³-hybridized carbons (Fsp3) is 0.368. The van der Waals surface area contributed by atoms with Crippen molar-refractivity contribution in [2.75, 3.05) is 20.1 Å². The predicted octanol–water partition coefficient (Wildman–Crippen LogP) is 3.28. The highest BCUT2D eigenvalue weighted by Gasteiger charge is 2.29. The van der Waals surface area contributed by atoms with Crippen molar-refractivity contribution in [2.45, 2.75) is 26.7 Å². The fourth-order valence-electron chi connectivity index (χ4n) is 2.56. The maximum Gasteiger partial charge on any atom is 0.157 e. The van der Waals surface area contributed by atoms with Gasteiger partial charge >= 0.3 is 0 Å². The average Bonchev–Trinajstić information content (AvgIpc) is 2.54. The van der Waals surface area contributed by atoms with E-state index in [0.717, 1.165) is 30.2 Å². The van der Waals surface area contributed by atoms with E-state index in [2.05, 4.69) is 44.3 Å². The number of amidine groups is 1. The molecule has 1 aliphatic heterocycles. The van der Waals surface area contributed by atoms with Crippen LogP contribution in [0, 0.1) is 0 Å². The van der Waals surface area contributed by atoms with Crippen LogP contribution in [0.15, 0.2) is 63.7 Å². The molecule has 0 aliphatic carbocycles. The van der Waals surface area contributed by atoms with E-state index in [9.17, 15) is 0 Å². The molecule has 2 rings (SSSR count). The summed E-state index contributed by atoms with van der Waals surface area (Å²) in [5.41, 5.74) is 2.94. The molecule has 0 atom stereocenters. The molecule has 6 heteroatoms. The van der Waals surface area contributed by atoms with Gasteiger partial charge in [-0.15, -0.1) is 0 Å². The quantitative estimate of drug-likeness (QED) is 0.346. The zero-order chi connectivity index (χ0) is 18.4. The van der Waals surface area contributed by atoms with Gasteiger partial charge in [0.05, 0.1) is 0 Å². The van der Waals surface area contributed by atoms with Crippen LogP contribution in [0.4, 0.5) is 0 Å². The maximum atomic E-state index is 4.56. The SMILES string of the molecule is C=NN(C(C)=NC)/C(=C/C(=C)N1CC(c2ccccn2)C1)N=C(C)C. The topological polar surface area (TPSA) is 56.5 Å². The van der Waals surface area contributed by atoms with E-state index < -0.39 is 0 Å². The Bertz CT molecular complexity index is 707. The number of hydrogen-bond donors (Lipinski definition) is 0. The number of allylic oxidation sites excluding steroid dienone is 1. The number of aromatic nitrogens is 1. The number of aliphatic imine (C=N–C) groups is 2. The van der Waals surface area contributed by atoms with Gasteiger partial charge in [0, 0.05) is 62.1 Å². The molecule has 0 saturated carbocycles. The molecule has 2 heterocycles. The van der Waals surface area contributed by atoms with E-state index in [0.29, 0.717) is 17.6 Å². The Morgan fingerprint density at radius 3 is 2.56 bits per heavy atom. The summed E-state index contributed by atoms with van der Waals surface area (Å²) in [5.74, 6) is 1.82. The van der Waals surface area contributed by atoms with Gasteiger partial charge in [-0.25, -0.2) is 10.0 Å². The molecule has 132 valence electrons. The fourth-order valence-corrected chi connectivity index (χ4v) is 2.56. The van der Waals surface area contributed by atoms with Gasteiger partial charge < -0.3 is 4.90 Å². The van der Waals surface area contributed by atoms with Gasteiger partial charge in [0.2, 0.25) is 0 Å². The van der Waals surface area contributed by atoms with Crippen LogP contribution in [0.3, 0.4) is 0 Å². The Labute approximate surface area is 150 Å². The van der Waals surface area contributed by atoms with Crippen LogP contribution in [-0.2, 0) is 0 Å². The molecule has 0 amide bonds. The third-order valence-corrected chi connectivity index (χ3v) is 4.02. The Balaban J connectivity index is 2.13. The van der Waals surface area contributed by atoms with Crippen molar-refractivity contribution in [3.8, 4) is 0 Å². The summed E-state index contributed by atoms with van der Waals surface area (Å²) in [6.07, 6.45) is 3.76. The summed E-state index contributed by atoms with van der Waals surface area (Å²) in [4.78, 5) is 15.4. The van der Waals surface area contributed by atoms with Crippen LogP contribution < -0.4 is 0 Å². The zero-order valence-electron chi connectivity index (χ0n) is 15.5. The summed E-state index contributed by atoms with van der Waals surface area (Å²) in [7, 11) is 1.72. The third kappa shape index (κ3) is 4.62. The number of hydrazone groups is 1. The molecule has 0 N–H and O–H groups in total. The first-order chi connectivity index (χ1) is 12.0. The highest BCUT2D eigenvalue weighted by molar-refractivity contribution is 5.84. The second-order valence-corrected chi connectivity index (χ2v) is 6.13. The lowest BCUT2D eigenvalue weighted by atomic mass is 9.95. The molecule has 1 aromatic rings. The van der Waals surface area contributed by atoms with Gasteiger partial charge in [-0.05, 0) is 32.9 Å². The molecule has 0 radical (unpaired) electrons. The van der Waals surface area contributed by atoms with Crippen molar-refractivity contribution in [3.05, 3.63) is 54.3 Å². The molecule has 1 fully saturated rings. The van der Waals surface area contributed by atoms with Crippen LogP contribution in [0.2, 0.25) is 0 Å². The van der Waals surface area contributed by atoms with Crippen molar-refractivity contribution >= 4 is 18.3 Å². The van der Waals surface area contributed by atoms with E-state index in [1.54, 1.807) is 12.1 Å². The molecule has 1 aromatic heterocycles. The summed E-state index contributed by atoms with van der Waals surface area (Å²) in [6, 6.07) is 6.03. The second-order valence-electron chi connectivity index (χ2n) is 6.13. The highest BCUT2D eigenvalue weighted by Crippen LogP contribution is 2.29. The first kappa shape index (κ1) is 18.6. The van der Waals surface area contributed by atoms with Crippen molar-refractivity contribution in [1.82, 2.24) is 14.9 Å². The van der Waals surface area contributed by atoms with Gasteiger partial charge in [-0.1, -0.05) is 12.6 Å². The Morgan fingerprint density at radius 1 is 1.32 bits per heavy atom. The number of likely N-dealkylation sites (tertiary alicyclic amines) is 1. The molecule has 0 spiro atoms. The summed E-state index contributed by atoms with van der Waals surface area (Å²) in [6.45, 7) is 15.4. The molecule has 1 aliphatic rings. The van der Waals surface area contributed by atoms with Crippen molar-refractivity contribution < 1.29 is 0 Å². The van der Waals surface area contributed by atoms with Crippen LogP contribution >= 0.6 is 0 Å². The van der Waals surface area contributed by atoms with E-state index in [1.807, 2.05) is 45.2 Å². The molecular weight excluding hydrogens is 312 g/mol. The Morgan fingerprint density at radius 2 is 2.04 bits per heavy atom. The van der Waals surface area contributed by atoms with E-state index in [4.69, 9.17) is 0 Å². The van der Waals surface area contributed by atoms with Crippen molar-refractivity contribution in [3.63, 3.8) is 0 Å². The molecule has 0 aromatic carbocycles. The molecule has 6 nitrogen and oxygen atoms in total. The lowest BCUT2D eigenvalue weighted by molar-refractivity contribution is 0.202. The first-order valence-electron chi connectivity index (χ1n) is 8.24. The van der Waals surface area contributed by atoms with E-state index in [1.165, 1.54) is 0 Å². The van der Waals surface area contributed by atoms with Crippen molar-refractivity contribution in [2.24, 2.45) is 15.1 Å². The standard InChI is InChI=1S/C19H26N6/c1-14(2)23-19(25(21-6)16(4)20-5)11-15(3)24-12-17(13-24)18-9-7-8-10-22-18/h7-11,17H,3,6,12-13H2,1-2,4-5H3/b19-11+,20-16?. The largest absolute Gasteiger partial charge is 0.370 e. The zero-order valence-corrected chi connectivity index (χ0v) is 15.5. The predicted molar refractivity (Wildman–Crippen MR) is 105 cm³/mol. The number of rotatable bonds is 6. The summed E-state index contributed by atoms with van der Waals surface area (Å²) in [5, 5.41) is 5.66. The number of hydrogen-bond acceptors (Lipinski definition) is 5. The van der Waals surface area contributed by atoms with Crippen LogP contribution in [0.25, 0.3) is 0 Å². The lowest BCUT2D eigenvalue weighted by Gasteiger charge is -2.41. The van der Waals surface area contributed by atoms with Gasteiger partial charge in [0.15, 0.2) is 5.82 Å². The van der Waals surface area contributed by atoms with Gasteiger partial charge in [-0.3, -0.25) is 9.98 Å². The highest BCUT2D eigenvalue weighted by atomic mass is 15.5. The van der Waals surface area contributed by atoms with Gasteiger partial charge in [0.1, 0.15) is 5.84 Å². The van der Waals surface area contributed by atoms with Crippen LogP contribution in [-0.4, -0.2) is 53.3 Å². The molecular formula is C19H26N6. The summed E-state index contributed by atoms with van der Waals surface area (Å²) < 4.78 is 0.